The van der Waals surface area contributed by atoms with Gasteiger partial charge in [0.15, 0.2) is 17.3 Å². The lowest BCUT2D eigenvalue weighted by Gasteiger charge is -2.12. The van der Waals surface area contributed by atoms with Crippen LogP contribution < -0.4 is 24.3 Å². The van der Waals surface area contributed by atoms with Crippen LogP contribution in [0.25, 0.3) is 23.2 Å². The van der Waals surface area contributed by atoms with Crippen LogP contribution in [-0.2, 0) is 0 Å². The number of rotatable bonds is 6. The van der Waals surface area contributed by atoms with Crippen molar-refractivity contribution in [2.75, 3.05) is 21.3 Å². The van der Waals surface area contributed by atoms with Crippen molar-refractivity contribution in [3.05, 3.63) is 74.3 Å². The topological polar surface area (TPSA) is 75.0 Å². The molecule has 8 heteroatoms. The number of thiazole rings is 1. The van der Waals surface area contributed by atoms with Gasteiger partial charge in [0.05, 0.1) is 25.9 Å². The Kier molecular flexibility index (Phi) is 5.49. The van der Waals surface area contributed by atoms with Crippen LogP contribution in [-0.4, -0.2) is 35.9 Å². The molecule has 0 aliphatic rings. The summed E-state index contributed by atoms with van der Waals surface area (Å²) in [5.74, 6) is 2.02. The maximum Gasteiger partial charge on any atom is 0.291 e. The standard InChI is InChI=1S/C22H19N3O4S/c1-27-16-11-15(12-17(28-2)20(16)29-3)13-18-21(26)25-22(30-18)23-19(24-25)10-9-14-7-5-4-6-8-14/h4-13H,1-3H3/b10-9+,18-13-. The lowest BCUT2D eigenvalue weighted by atomic mass is 10.1. The lowest BCUT2D eigenvalue weighted by molar-refractivity contribution is 0.324. The minimum Gasteiger partial charge on any atom is -0.493 e. The summed E-state index contributed by atoms with van der Waals surface area (Å²) in [6.07, 6.45) is 5.46. The fraction of sp³-hybridized carbons (Fsp3) is 0.136. The van der Waals surface area contributed by atoms with Crippen molar-refractivity contribution in [3.8, 4) is 17.2 Å². The Balaban J connectivity index is 1.71. The van der Waals surface area contributed by atoms with Crippen LogP contribution in [0, 0.1) is 0 Å². The van der Waals surface area contributed by atoms with E-state index >= 15 is 0 Å². The molecule has 2 heterocycles. The first kappa shape index (κ1) is 19.7. The van der Waals surface area contributed by atoms with E-state index in [2.05, 4.69) is 10.1 Å². The van der Waals surface area contributed by atoms with E-state index in [9.17, 15) is 4.79 Å². The average molecular weight is 421 g/mol. The summed E-state index contributed by atoms with van der Waals surface area (Å²) in [4.78, 5) is 17.8. The van der Waals surface area contributed by atoms with Crippen LogP contribution in [0.15, 0.2) is 47.3 Å². The molecule has 0 N–H and O–H groups in total. The van der Waals surface area contributed by atoms with Gasteiger partial charge in [0.25, 0.3) is 5.56 Å². The third kappa shape index (κ3) is 3.77. The van der Waals surface area contributed by atoms with Gasteiger partial charge in [-0.25, -0.2) is 0 Å². The second-order valence-electron chi connectivity index (χ2n) is 6.28. The van der Waals surface area contributed by atoms with Gasteiger partial charge in [0.2, 0.25) is 10.7 Å². The van der Waals surface area contributed by atoms with Crippen LogP contribution in [0.5, 0.6) is 17.2 Å². The van der Waals surface area contributed by atoms with E-state index in [1.54, 1.807) is 45.6 Å². The molecule has 152 valence electrons. The molecule has 30 heavy (non-hydrogen) atoms. The number of nitrogens with zero attached hydrogens (tertiary/aromatic N) is 3. The molecule has 0 radical (unpaired) electrons. The molecule has 0 spiro atoms. The van der Waals surface area contributed by atoms with E-state index in [4.69, 9.17) is 14.2 Å². The summed E-state index contributed by atoms with van der Waals surface area (Å²) in [6.45, 7) is 0. The molecular weight excluding hydrogens is 402 g/mol. The zero-order chi connectivity index (χ0) is 21.1. The van der Waals surface area contributed by atoms with Crippen LogP contribution in [0.2, 0.25) is 0 Å². The minimum absolute atomic E-state index is 0.226. The van der Waals surface area contributed by atoms with Gasteiger partial charge in [-0.05, 0) is 35.4 Å². The Morgan fingerprint density at radius 3 is 2.23 bits per heavy atom. The molecule has 0 aliphatic heterocycles. The van der Waals surface area contributed by atoms with Gasteiger partial charge in [-0.15, -0.1) is 5.10 Å². The molecule has 0 bridgehead atoms. The maximum atomic E-state index is 12.8. The summed E-state index contributed by atoms with van der Waals surface area (Å²) in [5, 5.41) is 4.31. The first-order valence-corrected chi connectivity index (χ1v) is 9.89. The molecule has 0 unspecified atom stereocenters. The highest BCUT2D eigenvalue weighted by Gasteiger charge is 2.13. The first-order chi connectivity index (χ1) is 14.6. The van der Waals surface area contributed by atoms with Crippen molar-refractivity contribution in [1.29, 1.82) is 0 Å². The SMILES string of the molecule is COc1cc(/C=c2\sc3nc(/C=C/c4ccccc4)nn3c2=O)cc(OC)c1OC. The molecule has 0 amide bonds. The Labute approximate surface area is 176 Å². The van der Waals surface area contributed by atoms with Gasteiger partial charge in [-0.3, -0.25) is 4.79 Å². The number of hydrogen-bond donors (Lipinski definition) is 0. The Hall–Kier alpha value is -3.65. The molecule has 0 saturated carbocycles. The summed E-state index contributed by atoms with van der Waals surface area (Å²) in [6, 6.07) is 13.4. The Bertz CT molecular complexity index is 1300. The van der Waals surface area contributed by atoms with E-state index in [0.717, 1.165) is 11.1 Å². The van der Waals surface area contributed by atoms with Gasteiger partial charge >= 0.3 is 0 Å². The fourth-order valence-electron chi connectivity index (χ4n) is 2.99. The van der Waals surface area contributed by atoms with Crippen molar-refractivity contribution >= 4 is 34.5 Å². The van der Waals surface area contributed by atoms with Crippen LogP contribution in [0.1, 0.15) is 17.0 Å². The van der Waals surface area contributed by atoms with Gasteiger partial charge in [-0.1, -0.05) is 47.7 Å². The lowest BCUT2D eigenvalue weighted by Crippen LogP contribution is -2.23. The summed E-state index contributed by atoms with van der Waals surface area (Å²) in [5.41, 5.74) is 1.56. The van der Waals surface area contributed by atoms with Crippen molar-refractivity contribution in [2.45, 2.75) is 0 Å². The molecule has 2 aromatic heterocycles. The molecule has 2 aromatic carbocycles. The minimum atomic E-state index is -0.226. The van der Waals surface area contributed by atoms with Crippen molar-refractivity contribution < 1.29 is 14.2 Å². The van der Waals surface area contributed by atoms with E-state index in [-0.39, 0.29) is 5.56 Å². The second-order valence-corrected chi connectivity index (χ2v) is 7.29. The van der Waals surface area contributed by atoms with E-state index in [0.29, 0.717) is 32.6 Å². The number of fused-ring (bicyclic) bond motifs is 1. The van der Waals surface area contributed by atoms with Crippen molar-refractivity contribution in [2.24, 2.45) is 0 Å². The highest BCUT2D eigenvalue weighted by molar-refractivity contribution is 7.15. The molecule has 0 fully saturated rings. The molecule has 4 aromatic rings. The number of ether oxygens (including phenoxy) is 3. The molecule has 0 aliphatic carbocycles. The first-order valence-electron chi connectivity index (χ1n) is 9.07. The zero-order valence-electron chi connectivity index (χ0n) is 16.7. The zero-order valence-corrected chi connectivity index (χ0v) is 17.5. The highest BCUT2D eigenvalue weighted by Crippen LogP contribution is 2.38. The van der Waals surface area contributed by atoms with Gasteiger partial charge in [0, 0.05) is 0 Å². The van der Waals surface area contributed by atoms with E-state index < -0.39 is 0 Å². The summed E-state index contributed by atoms with van der Waals surface area (Å²) >= 11 is 1.27. The van der Waals surface area contributed by atoms with Crippen LogP contribution in [0.4, 0.5) is 0 Å². The molecule has 7 nitrogen and oxygen atoms in total. The molecule has 0 saturated heterocycles. The van der Waals surface area contributed by atoms with Crippen LogP contribution >= 0.6 is 11.3 Å². The van der Waals surface area contributed by atoms with Gasteiger partial charge < -0.3 is 14.2 Å². The monoisotopic (exact) mass is 421 g/mol. The molecule has 4 rings (SSSR count). The summed E-state index contributed by atoms with van der Waals surface area (Å²) in [7, 11) is 4.64. The van der Waals surface area contributed by atoms with Gasteiger partial charge in [-0.2, -0.15) is 9.50 Å². The smallest absolute Gasteiger partial charge is 0.291 e. The second kappa shape index (κ2) is 8.38. The molecule has 0 atom stereocenters. The Morgan fingerprint density at radius 1 is 0.933 bits per heavy atom. The summed E-state index contributed by atoms with van der Waals surface area (Å²) < 4.78 is 17.9. The predicted molar refractivity (Wildman–Crippen MR) is 117 cm³/mol. The Morgan fingerprint density at radius 2 is 1.63 bits per heavy atom. The number of benzene rings is 2. The third-order valence-corrected chi connectivity index (χ3v) is 5.37. The predicted octanol–water partition coefficient (Wildman–Crippen LogP) is 2.89. The number of methoxy groups -OCH3 is 3. The largest absolute Gasteiger partial charge is 0.493 e. The van der Waals surface area contributed by atoms with Crippen molar-refractivity contribution in [1.82, 2.24) is 14.6 Å². The average Bonchev–Trinajstić information content (AvgIpc) is 3.30. The highest BCUT2D eigenvalue weighted by atomic mass is 32.1. The van der Waals surface area contributed by atoms with E-state index in [1.165, 1.54) is 15.9 Å². The number of aromatic nitrogens is 3. The van der Waals surface area contributed by atoms with Gasteiger partial charge in [0.1, 0.15) is 0 Å². The van der Waals surface area contributed by atoms with E-state index in [1.807, 2.05) is 36.4 Å². The fourth-order valence-corrected chi connectivity index (χ4v) is 3.91. The maximum absolute atomic E-state index is 12.8. The number of hydrogen-bond acceptors (Lipinski definition) is 7. The van der Waals surface area contributed by atoms with Crippen molar-refractivity contribution in [3.63, 3.8) is 0 Å². The molecular formula is C22H19N3O4S. The third-order valence-electron chi connectivity index (χ3n) is 4.41. The quantitative estimate of drug-likeness (QED) is 0.477. The van der Waals surface area contributed by atoms with Crippen LogP contribution in [0.3, 0.4) is 0 Å². The normalized spacial score (nSPS) is 12.0.